The first-order valence-corrected chi connectivity index (χ1v) is 3.06. The molecule has 1 heterocycles. The molecule has 0 aromatic heterocycles. The Morgan fingerprint density at radius 1 is 1.75 bits per heavy atom. The molecule has 3 N–H and O–H groups in total. The highest BCUT2D eigenvalue weighted by molar-refractivity contribution is 4.63. The van der Waals surface area contributed by atoms with E-state index < -0.39 is 0 Å². The van der Waals surface area contributed by atoms with Crippen molar-refractivity contribution in [2.24, 2.45) is 5.73 Å². The number of nitrogens with zero attached hydrogens (tertiary/aromatic N) is 1. The molecular formula is C5H13N3. The smallest absolute Gasteiger partial charge is 0.0679 e. The van der Waals surface area contributed by atoms with Crippen LogP contribution in [-0.2, 0) is 0 Å². The van der Waals surface area contributed by atoms with Gasteiger partial charge in [-0.25, -0.2) is 5.01 Å². The summed E-state index contributed by atoms with van der Waals surface area (Å²) in [6, 6.07) is 0. The van der Waals surface area contributed by atoms with Gasteiger partial charge in [-0.1, -0.05) is 0 Å². The zero-order valence-electron chi connectivity index (χ0n) is 5.22. The monoisotopic (exact) mass is 115 g/mol. The minimum Gasteiger partial charge on any atom is -0.315 e. The average molecular weight is 115 g/mol. The molecule has 0 amide bonds. The van der Waals surface area contributed by atoms with E-state index in [9.17, 15) is 0 Å². The maximum atomic E-state index is 5.56. The lowest BCUT2D eigenvalue weighted by molar-refractivity contribution is 0.192. The molecule has 48 valence electrons. The maximum absolute atomic E-state index is 5.56. The standard InChI is InChI=1S/C5H13N3/c1-5(6)8-4-2-3-7-8/h5,7H,2-4,6H2,1H3. The highest BCUT2D eigenvalue weighted by Gasteiger charge is 2.12. The Kier molecular flexibility index (Phi) is 1.83. The molecule has 0 spiro atoms. The van der Waals surface area contributed by atoms with Crippen molar-refractivity contribution in [3.8, 4) is 0 Å². The third-order valence-corrected chi connectivity index (χ3v) is 1.38. The fraction of sp³-hybridized carbons (Fsp3) is 1.00. The quantitative estimate of drug-likeness (QED) is 0.484. The van der Waals surface area contributed by atoms with Crippen molar-refractivity contribution in [2.75, 3.05) is 13.1 Å². The van der Waals surface area contributed by atoms with Gasteiger partial charge in [-0.3, -0.25) is 5.43 Å². The number of hydrazine groups is 1. The Morgan fingerprint density at radius 3 is 2.75 bits per heavy atom. The van der Waals surface area contributed by atoms with Crippen LogP contribution in [0.3, 0.4) is 0 Å². The van der Waals surface area contributed by atoms with E-state index in [4.69, 9.17) is 5.73 Å². The zero-order valence-corrected chi connectivity index (χ0v) is 5.22. The molecule has 0 aromatic rings. The van der Waals surface area contributed by atoms with E-state index in [1.165, 1.54) is 6.42 Å². The Morgan fingerprint density at radius 2 is 2.50 bits per heavy atom. The lowest BCUT2D eigenvalue weighted by atomic mass is 10.4. The minimum atomic E-state index is 0.164. The SMILES string of the molecule is CC(N)N1CCCN1. The number of hydrogen-bond donors (Lipinski definition) is 2. The number of nitrogens with two attached hydrogens (primary N) is 1. The lowest BCUT2D eigenvalue weighted by Crippen LogP contribution is -2.43. The molecule has 1 atom stereocenters. The summed E-state index contributed by atoms with van der Waals surface area (Å²) in [5.74, 6) is 0. The molecule has 3 nitrogen and oxygen atoms in total. The van der Waals surface area contributed by atoms with E-state index >= 15 is 0 Å². The number of hydrogen-bond acceptors (Lipinski definition) is 3. The van der Waals surface area contributed by atoms with Gasteiger partial charge in [0.25, 0.3) is 0 Å². The fourth-order valence-electron chi connectivity index (χ4n) is 0.899. The summed E-state index contributed by atoms with van der Waals surface area (Å²) in [6.45, 7) is 4.16. The van der Waals surface area contributed by atoms with Gasteiger partial charge in [0.1, 0.15) is 0 Å². The first-order valence-electron chi connectivity index (χ1n) is 3.06. The van der Waals surface area contributed by atoms with Crippen LogP contribution in [0, 0.1) is 0 Å². The van der Waals surface area contributed by atoms with E-state index in [1.54, 1.807) is 0 Å². The van der Waals surface area contributed by atoms with Crippen LogP contribution in [0.1, 0.15) is 13.3 Å². The van der Waals surface area contributed by atoms with Gasteiger partial charge in [0.05, 0.1) is 6.17 Å². The van der Waals surface area contributed by atoms with Crippen LogP contribution in [0.25, 0.3) is 0 Å². The van der Waals surface area contributed by atoms with Crippen LogP contribution in [0.5, 0.6) is 0 Å². The van der Waals surface area contributed by atoms with Gasteiger partial charge in [0.2, 0.25) is 0 Å². The molecule has 1 aliphatic heterocycles. The van der Waals surface area contributed by atoms with Crippen molar-refractivity contribution in [2.45, 2.75) is 19.5 Å². The Labute approximate surface area is 49.8 Å². The molecule has 3 heteroatoms. The van der Waals surface area contributed by atoms with Gasteiger partial charge in [0, 0.05) is 13.1 Å². The molecule has 0 aliphatic carbocycles. The number of rotatable bonds is 1. The van der Waals surface area contributed by atoms with Crippen LogP contribution >= 0.6 is 0 Å². The molecule has 0 saturated carbocycles. The van der Waals surface area contributed by atoms with Gasteiger partial charge < -0.3 is 5.73 Å². The Bertz CT molecular complexity index is 66.1. The van der Waals surface area contributed by atoms with E-state index in [1.807, 2.05) is 6.92 Å². The predicted molar refractivity (Wildman–Crippen MR) is 33.0 cm³/mol. The Balaban J connectivity index is 2.24. The molecule has 1 aliphatic rings. The minimum absolute atomic E-state index is 0.164. The predicted octanol–water partition coefficient (Wildman–Crippen LogP) is -0.499. The molecular weight excluding hydrogens is 102 g/mol. The molecule has 8 heavy (non-hydrogen) atoms. The number of nitrogens with one attached hydrogen (secondary N) is 1. The zero-order chi connectivity index (χ0) is 5.98. The summed E-state index contributed by atoms with van der Waals surface area (Å²) in [5.41, 5.74) is 8.73. The third-order valence-electron chi connectivity index (χ3n) is 1.38. The van der Waals surface area contributed by atoms with Crippen molar-refractivity contribution >= 4 is 0 Å². The highest BCUT2D eigenvalue weighted by atomic mass is 15.6. The van der Waals surface area contributed by atoms with E-state index in [2.05, 4.69) is 10.4 Å². The van der Waals surface area contributed by atoms with Gasteiger partial charge in [-0.05, 0) is 13.3 Å². The van der Waals surface area contributed by atoms with Crippen LogP contribution < -0.4 is 11.2 Å². The summed E-state index contributed by atoms with van der Waals surface area (Å²) < 4.78 is 0. The van der Waals surface area contributed by atoms with Gasteiger partial charge in [-0.2, -0.15) is 0 Å². The molecule has 1 saturated heterocycles. The first kappa shape index (κ1) is 6.01. The second-order valence-electron chi connectivity index (χ2n) is 2.20. The lowest BCUT2D eigenvalue weighted by Gasteiger charge is -2.18. The van der Waals surface area contributed by atoms with Gasteiger partial charge in [-0.15, -0.1) is 0 Å². The van der Waals surface area contributed by atoms with Crippen molar-refractivity contribution in [1.29, 1.82) is 0 Å². The normalized spacial score (nSPS) is 26.2. The summed E-state index contributed by atoms with van der Waals surface area (Å²) in [5, 5.41) is 2.06. The topological polar surface area (TPSA) is 41.3 Å². The third kappa shape index (κ3) is 1.18. The summed E-state index contributed by atoms with van der Waals surface area (Å²) in [6.07, 6.45) is 1.39. The largest absolute Gasteiger partial charge is 0.315 e. The summed E-state index contributed by atoms with van der Waals surface area (Å²) >= 11 is 0. The summed E-state index contributed by atoms with van der Waals surface area (Å²) in [4.78, 5) is 0. The van der Waals surface area contributed by atoms with Crippen LogP contribution in [-0.4, -0.2) is 24.3 Å². The molecule has 1 fully saturated rings. The molecule has 0 radical (unpaired) electrons. The van der Waals surface area contributed by atoms with Crippen molar-refractivity contribution in [1.82, 2.24) is 10.4 Å². The molecule has 1 rings (SSSR count). The van der Waals surface area contributed by atoms with Crippen LogP contribution in [0.4, 0.5) is 0 Å². The van der Waals surface area contributed by atoms with Crippen molar-refractivity contribution in [3.63, 3.8) is 0 Å². The van der Waals surface area contributed by atoms with Crippen LogP contribution in [0.2, 0.25) is 0 Å². The van der Waals surface area contributed by atoms with Gasteiger partial charge >= 0.3 is 0 Å². The average Bonchev–Trinajstić information content (AvgIpc) is 2.12. The first-order chi connectivity index (χ1) is 3.80. The summed E-state index contributed by atoms with van der Waals surface area (Å²) in [7, 11) is 0. The molecule has 0 aromatic carbocycles. The van der Waals surface area contributed by atoms with E-state index in [0.717, 1.165) is 13.1 Å². The molecule has 1 unspecified atom stereocenters. The second-order valence-corrected chi connectivity index (χ2v) is 2.20. The van der Waals surface area contributed by atoms with Crippen LogP contribution in [0.15, 0.2) is 0 Å². The van der Waals surface area contributed by atoms with Crippen molar-refractivity contribution in [3.05, 3.63) is 0 Å². The maximum Gasteiger partial charge on any atom is 0.0679 e. The Hall–Kier alpha value is -0.120. The van der Waals surface area contributed by atoms with E-state index in [-0.39, 0.29) is 6.17 Å². The fourth-order valence-corrected chi connectivity index (χ4v) is 0.899. The second kappa shape index (κ2) is 2.44. The molecule has 0 bridgehead atoms. The van der Waals surface area contributed by atoms with Gasteiger partial charge in [0.15, 0.2) is 0 Å². The van der Waals surface area contributed by atoms with E-state index in [0.29, 0.717) is 0 Å². The highest BCUT2D eigenvalue weighted by Crippen LogP contribution is 1.96. The van der Waals surface area contributed by atoms with Crippen molar-refractivity contribution < 1.29 is 0 Å².